The van der Waals surface area contributed by atoms with E-state index in [-0.39, 0.29) is 11.3 Å². The van der Waals surface area contributed by atoms with E-state index in [4.69, 9.17) is 10.5 Å². The third kappa shape index (κ3) is 2.59. The van der Waals surface area contributed by atoms with E-state index in [1.165, 1.54) is 4.90 Å². The van der Waals surface area contributed by atoms with Gasteiger partial charge in [-0.05, 0) is 12.5 Å². The van der Waals surface area contributed by atoms with Gasteiger partial charge in [-0.25, -0.2) is 8.78 Å². The highest BCUT2D eigenvalue weighted by Crippen LogP contribution is 2.19. The highest BCUT2D eigenvalue weighted by atomic mass is 19.2. The van der Waals surface area contributed by atoms with E-state index in [1.54, 1.807) is 0 Å². The second-order valence-corrected chi connectivity index (χ2v) is 4.11. The molecule has 1 aliphatic rings. The molecule has 0 bridgehead atoms. The summed E-state index contributed by atoms with van der Waals surface area (Å²) in [5.41, 5.74) is 5.50. The molecular weight excluding hydrogens is 242 g/mol. The number of nitrogen functional groups attached to an aromatic ring is 1. The Labute approximate surface area is 103 Å². The molecule has 4 nitrogen and oxygen atoms in total. The van der Waals surface area contributed by atoms with Crippen molar-refractivity contribution in [1.82, 2.24) is 4.90 Å². The number of nitrogens with zero attached hydrogens (tertiary/aromatic N) is 1. The summed E-state index contributed by atoms with van der Waals surface area (Å²) in [6.07, 6.45) is 0.718. The summed E-state index contributed by atoms with van der Waals surface area (Å²) in [7, 11) is 0. The lowest BCUT2D eigenvalue weighted by molar-refractivity contribution is 0.0742. The number of halogens is 2. The Hall–Kier alpha value is -1.69. The van der Waals surface area contributed by atoms with E-state index in [9.17, 15) is 13.6 Å². The molecule has 1 heterocycles. The molecule has 1 saturated heterocycles. The topological polar surface area (TPSA) is 55.6 Å². The molecule has 18 heavy (non-hydrogen) atoms. The average molecular weight is 256 g/mol. The molecule has 1 amide bonds. The minimum Gasteiger partial charge on any atom is -0.398 e. The molecule has 98 valence electrons. The number of benzene rings is 1. The van der Waals surface area contributed by atoms with Crippen LogP contribution in [0.4, 0.5) is 14.5 Å². The summed E-state index contributed by atoms with van der Waals surface area (Å²) in [5, 5.41) is 0. The van der Waals surface area contributed by atoms with E-state index < -0.39 is 17.5 Å². The van der Waals surface area contributed by atoms with E-state index in [1.807, 2.05) is 0 Å². The molecule has 2 N–H and O–H groups in total. The summed E-state index contributed by atoms with van der Waals surface area (Å²) < 4.78 is 31.3. The third-order valence-electron chi connectivity index (χ3n) is 2.83. The summed E-state index contributed by atoms with van der Waals surface area (Å²) in [6, 6.07) is 1.68. The van der Waals surface area contributed by atoms with E-state index in [2.05, 4.69) is 0 Å². The fraction of sp³-hybridized carbons (Fsp3) is 0.417. The normalized spacial score (nSPS) is 16.4. The zero-order valence-corrected chi connectivity index (χ0v) is 9.79. The van der Waals surface area contributed by atoms with Crippen molar-refractivity contribution in [3.05, 3.63) is 29.3 Å². The first kappa shape index (κ1) is 12.8. The van der Waals surface area contributed by atoms with Gasteiger partial charge in [0, 0.05) is 31.5 Å². The number of ether oxygens (including phenoxy) is 1. The molecule has 0 spiro atoms. The van der Waals surface area contributed by atoms with Gasteiger partial charge in [-0.3, -0.25) is 4.79 Å². The smallest absolute Gasteiger partial charge is 0.256 e. The number of nitrogens with two attached hydrogens (primary N) is 1. The highest BCUT2D eigenvalue weighted by Gasteiger charge is 2.21. The Kier molecular flexibility index (Phi) is 3.76. The molecule has 1 aromatic rings. The zero-order valence-electron chi connectivity index (χ0n) is 9.79. The number of rotatable bonds is 1. The molecule has 2 rings (SSSR count). The molecule has 1 fully saturated rings. The van der Waals surface area contributed by atoms with Crippen LogP contribution in [0.3, 0.4) is 0 Å². The van der Waals surface area contributed by atoms with Crippen molar-refractivity contribution < 1.29 is 18.3 Å². The number of hydrogen-bond donors (Lipinski definition) is 1. The van der Waals surface area contributed by atoms with Gasteiger partial charge in [-0.2, -0.15) is 0 Å². The van der Waals surface area contributed by atoms with Crippen molar-refractivity contribution in [3.8, 4) is 0 Å². The lowest BCUT2D eigenvalue weighted by Gasteiger charge is -2.20. The predicted molar refractivity (Wildman–Crippen MR) is 62.1 cm³/mol. The molecule has 1 aromatic carbocycles. The molecule has 0 aromatic heterocycles. The Balaban J connectivity index is 2.24. The number of hydrogen-bond acceptors (Lipinski definition) is 3. The minimum absolute atomic E-state index is 0.00389. The van der Waals surface area contributed by atoms with Crippen LogP contribution in [0.1, 0.15) is 16.8 Å². The van der Waals surface area contributed by atoms with Gasteiger partial charge in [-0.15, -0.1) is 0 Å². The van der Waals surface area contributed by atoms with Gasteiger partial charge in [-0.1, -0.05) is 0 Å². The van der Waals surface area contributed by atoms with Gasteiger partial charge in [0.25, 0.3) is 5.91 Å². The number of amides is 1. The second kappa shape index (κ2) is 5.30. The molecule has 0 radical (unpaired) electrons. The van der Waals surface area contributed by atoms with Crippen molar-refractivity contribution >= 4 is 11.6 Å². The first-order chi connectivity index (χ1) is 8.59. The highest BCUT2D eigenvalue weighted by molar-refractivity contribution is 5.99. The van der Waals surface area contributed by atoms with Gasteiger partial charge in [0.2, 0.25) is 0 Å². The van der Waals surface area contributed by atoms with Crippen molar-refractivity contribution in [2.75, 3.05) is 32.0 Å². The first-order valence-corrected chi connectivity index (χ1v) is 5.71. The third-order valence-corrected chi connectivity index (χ3v) is 2.83. The van der Waals surface area contributed by atoms with Crippen LogP contribution in [0.15, 0.2) is 12.1 Å². The van der Waals surface area contributed by atoms with E-state index >= 15 is 0 Å². The van der Waals surface area contributed by atoms with E-state index in [0.29, 0.717) is 26.3 Å². The fourth-order valence-electron chi connectivity index (χ4n) is 1.87. The Morgan fingerprint density at radius 1 is 1.22 bits per heavy atom. The zero-order chi connectivity index (χ0) is 13.1. The molecular formula is C12H14F2N2O2. The van der Waals surface area contributed by atoms with Crippen molar-refractivity contribution in [2.45, 2.75) is 6.42 Å². The quantitative estimate of drug-likeness (QED) is 0.773. The van der Waals surface area contributed by atoms with Crippen LogP contribution >= 0.6 is 0 Å². The summed E-state index contributed by atoms with van der Waals surface area (Å²) >= 11 is 0. The van der Waals surface area contributed by atoms with Gasteiger partial charge in [0.15, 0.2) is 11.6 Å². The molecule has 1 aliphatic heterocycles. The monoisotopic (exact) mass is 256 g/mol. The fourth-order valence-corrected chi connectivity index (χ4v) is 1.87. The number of carbonyl (C=O) groups excluding carboxylic acids is 1. The number of carbonyl (C=O) groups is 1. The largest absolute Gasteiger partial charge is 0.398 e. The summed E-state index contributed by atoms with van der Waals surface area (Å²) in [5.74, 6) is -2.52. The van der Waals surface area contributed by atoms with Gasteiger partial charge in [0.05, 0.1) is 12.2 Å². The number of anilines is 1. The van der Waals surface area contributed by atoms with Crippen LogP contribution in [0.25, 0.3) is 0 Å². The molecule has 0 saturated carbocycles. The SMILES string of the molecule is Nc1cc(F)c(F)cc1C(=O)N1CCCOCC1. The minimum atomic E-state index is -1.07. The van der Waals surface area contributed by atoms with E-state index in [0.717, 1.165) is 18.6 Å². The Morgan fingerprint density at radius 2 is 1.94 bits per heavy atom. The maximum atomic E-state index is 13.1. The maximum absolute atomic E-state index is 13.1. The van der Waals surface area contributed by atoms with Crippen molar-refractivity contribution in [2.24, 2.45) is 0 Å². The van der Waals surface area contributed by atoms with Crippen molar-refractivity contribution in [1.29, 1.82) is 0 Å². The lowest BCUT2D eigenvalue weighted by atomic mass is 10.1. The van der Waals surface area contributed by atoms with Crippen LogP contribution < -0.4 is 5.73 Å². The summed E-state index contributed by atoms with van der Waals surface area (Å²) in [6.45, 7) is 1.99. The van der Waals surface area contributed by atoms with Gasteiger partial charge < -0.3 is 15.4 Å². The Morgan fingerprint density at radius 3 is 2.72 bits per heavy atom. The van der Waals surface area contributed by atoms with Crippen LogP contribution in [-0.2, 0) is 4.74 Å². The summed E-state index contributed by atoms with van der Waals surface area (Å²) in [4.78, 5) is 13.7. The Bertz CT molecular complexity index is 458. The first-order valence-electron chi connectivity index (χ1n) is 5.71. The lowest BCUT2D eigenvalue weighted by Crippen LogP contribution is -2.33. The van der Waals surface area contributed by atoms with Crippen LogP contribution in [0, 0.1) is 11.6 Å². The molecule has 0 unspecified atom stereocenters. The van der Waals surface area contributed by atoms with Crippen LogP contribution in [0.2, 0.25) is 0 Å². The van der Waals surface area contributed by atoms with Crippen molar-refractivity contribution in [3.63, 3.8) is 0 Å². The standard InChI is InChI=1S/C12H14F2N2O2/c13-9-6-8(11(15)7-10(9)14)12(17)16-2-1-4-18-5-3-16/h6-7H,1-5,15H2. The van der Waals surface area contributed by atoms with Gasteiger partial charge >= 0.3 is 0 Å². The predicted octanol–water partition coefficient (Wildman–Crippen LogP) is 1.41. The average Bonchev–Trinajstić information content (AvgIpc) is 2.61. The van der Waals surface area contributed by atoms with Gasteiger partial charge in [0.1, 0.15) is 0 Å². The van der Waals surface area contributed by atoms with Crippen LogP contribution in [-0.4, -0.2) is 37.1 Å². The molecule has 0 aliphatic carbocycles. The maximum Gasteiger partial charge on any atom is 0.256 e. The second-order valence-electron chi connectivity index (χ2n) is 4.11. The molecule has 0 atom stereocenters. The van der Waals surface area contributed by atoms with Crippen LogP contribution in [0.5, 0.6) is 0 Å². The molecule has 6 heteroatoms.